The molecule has 0 radical (unpaired) electrons. The molecule has 0 atom stereocenters. The van der Waals surface area contributed by atoms with Gasteiger partial charge in [0.1, 0.15) is 0 Å². The van der Waals surface area contributed by atoms with E-state index in [9.17, 15) is 4.79 Å². The van der Waals surface area contributed by atoms with Crippen LogP contribution in [0.3, 0.4) is 0 Å². The van der Waals surface area contributed by atoms with Gasteiger partial charge in [-0.25, -0.2) is 0 Å². The molecular formula is C23H19Cl3N2O. The van der Waals surface area contributed by atoms with Gasteiger partial charge >= 0.3 is 0 Å². The first-order chi connectivity index (χ1) is 14.0. The fourth-order valence-corrected chi connectivity index (χ4v) is 4.23. The van der Waals surface area contributed by atoms with Crippen molar-refractivity contribution < 1.29 is 4.79 Å². The van der Waals surface area contributed by atoms with E-state index in [4.69, 9.17) is 34.8 Å². The highest BCUT2D eigenvalue weighted by Gasteiger charge is 2.21. The molecule has 148 valence electrons. The lowest BCUT2D eigenvalue weighted by Crippen LogP contribution is -2.35. The summed E-state index contributed by atoms with van der Waals surface area (Å²) < 4.78 is 0. The first-order valence-corrected chi connectivity index (χ1v) is 10.7. The summed E-state index contributed by atoms with van der Waals surface area (Å²) in [6.07, 6.45) is 4.89. The van der Waals surface area contributed by atoms with Crippen LogP contribution in [0.4, 0.5) is 0 Å². The van der Waals surface area contributed by atoms with Crippen molar-refractivity contribution in [1.29, 1.82) is 0 Å². The average molecular weight is 446 g/mol. The number of aromatic nitrogens is 1. The molecule has 0 unspecified atom stereocenters. The van der Waals surface area contributed by atoms with Crippen molar-refractivity contribution in [3.63, 3.8) is 0 Å². The molecule has 2 heterocycles. The number of carbonyl (C=O) groups is 1. The number of hydrogen-bond donors (Lipinski definition) is 0. The number of likely N-dealkylation sites (tertiary alicyclic amines) is 1. The van der Waals surface area contributed by atoms with E-state index in [0.29, 0.717) is 26.3 Å². The van der Waals surface area contributed by atoms with Crippen LogP contribution in [-0.4, -0.2) is 28.9 Å². The molecular weight excluding hydrogens is 427 g/mol. The minimum Gasteiger partial charge on any atom is -0.339 e. The van der Waals surface area contributed by atoms with Gasteiger partial charge in [-0.1, -0.05) is 46.9 Å². The monoisotopic (exact) mass is 444 g/mol. The Morgan fingerprint density at radius 2 is 1.52 bits per heavy atom. The molecule has 0 aliphatic carbocycles. The lowest BCUT2D eigenvalue weighted by atomic mass is 9.97. The second-order valence-corrected chi connectivity index (χ2v) is 8.38. The van der Waals surface area contributed by atoms with Crippen molar-refractivity contribution in [1.82, 2.24) is 9.88 Å². The van der Waals surface area contributed by atoms with E-state index < -0.39 is 0 Å². The van der Waals surface area contributed by atoms with E-state index >= 15 is 0 Å². The van der Waals surface area contributed by atoms with E-state index in [1.165, 1.54) is 6.42 Å². The van der Waals surface area contributed by atoms with Crippen molar-refractivity contribution in [3.05, 3.63) is 75.4 Å². The second-order valence-electron chi connectivity index (χ2n) is 7.10. The van der Waals surface area contributed by atoms with E-state index in [2.05, 4.69) is 4.98 Å². The van der Waals surface area contributed by atoms with Crippen LogP contribution in [-0.2, 0) is 0 Å². The summed E-state index contributed by atoms with van der Waals surface area (Å²) in [5.41, 5.74) is 3.78. The highest BCUT2D eigenvalue weighted by Crippen LogP contribution is 2.36. The molecule has 3 aromatic rings. The number of carbonyl (C=O) groups excluding carboxylic acids is 1. The van der Waals surface area contributed by atoms with Crippen LogP contribution in [0.5, 0.6) is 0 Å². The summed E-state index contributed by atoms with van der Waals surface area (Å²) in [7, 11) is 0. The summed E-state index contributed by atoms with van der Waals surface area (Å²) in [5.74, 6) is 0.0150. The topological polar surface area (TPSA) is 33.2 Å². The van der Waals surface area contributed by atoms with E-state index in [0.717, 1.165) is 42.6 Å². The van der Waals surface area contributed by atoms with Gasteiger partial charge in [0.15, 0.2) is 0 Å². The minimum absolute atomic E-state index is 0.0150. The Balaban J connectivity index is 1.82. The average Bonchev–Trinajstić information content (AvgIpc) is 2.74. The summed E-state index contributed by atoms with van der Waals surface area (Å²) >= 11 is 18.6. The van der Waals surface area contributed by atoms with E-state index in [-0.39, 0.29) is 5.91 Å². The van der Waals surface area contributed by atoms with Crippen molar-refractivity contribution in [2.45, 2.75) is 19.3 Å². The Kier molecular flexibility index (Phi) is 6.09. The molecule has 0 saturated carbocycles. The van der Waals surface area contributed by atoms with Crippen molar-refractivity contribution in [3.8, 4) is 22.4 Å². The third-order valence-corrected chi connectivity index (χ3v) is 5.92. The van der Waals surface area contributed by atoms with Crippen molar-refractivity contribution in [2.24, 2.45) is 0 Å². The first kappa shape index (κ1) is 20.2. The molecule has 0 spiro atoms. The molecule has 4 rings (SSSR count). The number of nitrogens with zero attached hydrogens (tertiary/aromatic N) is 2. The molecule has 29 heavy (non-hydrogen) atoms. The molecule has 1 aliphatic rings. The van der Waals surface area contributed by atoms with Crippen molar-refractivity contribution in [2.75, 3.05) is 13.1 Å². The van der Waals surface area contributed by atoms with Crippen LogP contribution in [0.2, 0.25) is 15.1 Å². The third-order valence-electron chi connectivity index (χ3n) is 5.12. The standard InChI is InChI=1S/C23H19Cl3N2O/c24-17-6-4-15(5-7-17)20-12-16(23(29)28-10-2-1-3-11-28)14-27-22(20)19-9-8-18(25)13-21(19)26/h4-9,12-14H,1-3,10-11H2. The lowest BCUT2D eigenvalue weighted by molar-refractivity contribution is 0.0724. The molecule has 0 bridgehead atoms. The van der Waals surface area contributed by atoms with Gasteiger partial charge in [-0.3, -0.25) is 9.78 Å². The van der Waals surface area contributed by atoms with Gasteiger partial charge in [0, 0.05) is 40.5 Å². The molecule has 2 aromatic carbocycles. The molecule has 1 saturated heterocycles. The van der Waals surface area contributed by atoms with Gasteiger partial charge in [-0.15, -0.1) is 0 Å². The van der Waals surface area contributed by atoms with Gasteiger partial charge in [-0.2, -0.15) is 0 Å². The van der Waals surface area contributed by atoms with Gasteiger partial charge in [0.25, 0.3) is 5.91 Å². The number of benzene rings is 2. The molecule has 1 amide bonds. The molecule has 3 nitrogen and oxygen atoms in total. The van der Waals surface area contributed by atoms with Gasteiger partial charge < -0.3 is 4.90 Å². The van der Waals surface area contributed by atoms with Crippen LogP contribution in [0.15, 0.2) is 54.7 Å². The highest BCUT2D eigenvalue weighted by atomic mass is 35.5. The zero-order valence-electron chi connectivity index (χ0n) is 15.7. The molecule has 1 aliphatic heterocycles. The maximum atomic E-state index is 13.0. The summed E-state index contributed by atoms with van der Waals surface area (Å²) in [6.45, 7) is 1.58. The SMILES string of the molecule is O=C(c1cnc(-c2ccc(Cl)cc2Cl)c(-c2ccc(Cl)cc2)c1)N1CCCCC1. The smallest absolute Gasteiger partial charge is 0.255 e. The Morgan fingerprint density at radius 1 is 0.828 bits per heavy atom. The van der Waals surface area contributed by atoms with E-state index in [1.807, 2.05) is 41.3 Å². The molecule has 6 heteroatoms. The largest absolute Gasteiger partial charge is 0.339 e. The number of piperidine rings is 1. The van der Waals surface area contributed by atoms with E-state index in [1.54, 1.807) is 18.3 Å². The summed E-state index contributed by atoms with van der Waals surface area (Å²) in [5, 5.41) is 1.72. The van der Waals surface area contributed by atoms with Gasteiger partial charge in [-0.05, 0) is 61.2 Å². The zero-order chi connectivity index (χ0) is 20.4. The number of halogens is 3. The number of pyridine rings is 1. The van der Waals surface area contributed by atoms with Crippen LogP contribution >= 0.6 is 34.8 Å². The molecule has 1 fully saturated rings. The summed E-state index contributed by atoms with van der Waals surface area (Å²) in [6, 6.07) is 14.7. The fraction of sp³-hybridized carbons (Fsp3) is 0.217. The maximum Gasteiger partial charge on any atom is 0.255 e. The minimum atomic E-state index is 0.0150. The molecule has 0 N–H and O–H groups in total. The number of hydrogen-bond acceptors (Lipinski definition) is 2. The quantitative estimate of drug-likeness (QED) is 0.435. The predicted octanol–water partition coefficient (Wildman–Crippen LogP) is 7.00. The predicted molar refractivity (Wildman–Crippen MR) is 120 cm³/mol. The fourth-order valence-electron chi connectivity index (χ4n) is 3.61. The van der Waals surface area contributed by atoms with Crippen LogP contribution in [0.1, 0.15) is 29.6 Å². The Morgan fingerprint density at radius 3 is 2.21 bits per heavy atom. The highest BCUT2D eigenvalue weighted by molar-refractivity contribution is 6.36. The van der Waals surface area contributed by atoms with Gasteiger partial charge in [0.2, 0.25) is 0 Å². The maximum absolute atomic E-state index is 13.0. The Hall–Kier alpha value is -2.07. The lowest BCUT2D eigenvalue weighted by Gasteiger charge is -2.27. The third kappa shape index (κ3) is 4.42. The van der Waals surface area contributed by atoms with Crippen LogP contribution in [0.25, 0.3) is 22.4 Å². The number of rotatable bonds is 3. The van der Waals surface area contributed by atoms with Crippen LogP contribution in [0, 0.1) is 0 Å². The Labute approximate surface area is 185 Å². The van der Waals surface area contributed by atoms with Gasteiger partial charge in [0.05, 0.1) is 16.3 Å². The Bertz CT molecular complexity index is 1040. The zero-order valence-corrected chi connectivity index (χ0v) is 17.9. The first-order valence-electron chi connectivity index (χ1n) is 9.53. The summed E-state index contributed by atoms with van der Waals surface area (Å²) in [4.78, 5) is 19.6. The van der Waals surface area contributed by atoms with Crippen molar-refractivity contribution >= 4 is 40.7 Å². The van der Waals surface area contributed by atoms with Crippen LogP contribution < -0.4 is 0 Å². The normalized spacial score (nSPS) is 14.1. The second kappa shape index (κ2) is 8.74. The molecule has 1 aromatic heterocycles. The number of amides is 1.